The van der Waals surface area contributed by atoms with Crippen LogP contribution in [0.3, 0.4) is 0 Å². The number of hydrogen-bond donors (Lipinski definition) is 1. The molecule has 0 saturated heterocycles. The molecule has 3 nitrogen and oxygen atoms in total. The summed E-state index contributed by atoms with van der Waals surface area (Å²) in [6.07, 6.45) is 0.405. The van der Waals surface area contributed by atoms with Crippen LogP contribution in [0.15, 0.2) is 0 Å². The Morgan fingerprint density at radius 3 is 2.50 bits per heavy atom. The predicted octanol–water partition coefficient (Wildman–Crippen LogP) is 1.73. The summed E-state index contributed by atoms with van der Waals surface area (Å²) in [4.78, 5) is 10.2. The minimum absolute atomic E-state index is 0.122. The number of rotatable bonds is 6. The highest BCUT2D eigenvalue weighted by Gasteiger charge is 2.13. The summed E-state index contributed by atoms with van der Waals surface area (Å²) >= 11 is 0. The third-order valence-electron chi connectivity index (χ3n) is 1.50. The molecule has 0 rings (SSSR count). The standard InChI is InChI=1S/C7H12F2O3/c1-2-5(3-6(10)11)4-12-7(8)9/h5,7H,2-4H2,1H3,(H,10,11). The summed E-state index contributed by atoms with van der Waals surface area (Å²) in [6.45, 7) is -1.27. The van der Waals surface area contributed by atoms with Gasteiger partial charge in [-0.3, -0.25) is 4.79 Å². The Morgan fingerprint density at radius 1 is 1.58 bits per heavy atom. The Balaban J connectivity index is 3.60. The molecular formula is C7H12F2O3. The lowest BCUT2D eigenvalue weighted by molar-refractivity contribution is -0.148. The second-order valence-electron chi connectivity index (χ2n) is 2.47. The predicted molar refractivity (Wildman–Crippen MR) is 38.0 cm³/mol. The first-order valence-electron chi connectivity index (χ1n) is 3.67. The quantitative estimate of drug-likeness (QED) is 0.680. The van der Waals surface area contributed by atoms with E-state index >= 15 is 0 Å². The number of ether oxygens (including phenoxy) is 1. The minimum Gasteiger partial charge on any atom is -0.481 e. The number of halogens is 2. The molecule has 0 heterocycles. The van der Waals surface area contributed by atoms with Crippen molar-refractivity contribution in [2.45, 2.75) is 26.4 Å². The van der Waals surface area contributed by atoms with Crippen LogP contribution in [0.4, 0.5) is 8.78 Å². The SMILES string of the molecule is CCC(COC(F)F)CC(=O)O. The van der Waals surface area contributed by atoms with Gasteiger partial charge in [0.05, 0.1) is 13.0 Å². The van der Waals surface area contributed by atoms with E-state index in [-0.39, 0.29) is 18.9 Å². The van der Waals surface area contributed by atoms with Crippen molar-refractivity contribution >= 4 is 5.97 Å². The summed E-state index contributed by atoms with van der Waals surface area (Å²) in [5, 5.41) is 8.34. The Bertz CT molecular complexity index is 139. The molecule has 0 aliphatic rings. The van der Waals surface area contributed by atoms with Crippen molar-refractivity contribution < 1.29 is 23.4 Å². The maximum Gasteiger partial charge on any atom is 0.345 e. The monoisotopic (exact) mass is 182 g/mol. The summed E-state index contributed by atoms with van der Waals surface area (Å²) in [5.74, 6) is -1.31. The normalized spacial score (nSPS) is 13.3. The van der Waals surface area contributed by atoms with Gasteiger partial charge in [0, 0.05) is 0 Å². The molecule has 12 heavy (non-hydrogen) atoms. The third-order valence-corrected chi connectivity index (χ3v) is 1.50. The number of hydrogen-bond acceptors (Lipinski definition) is 2. The first kappa shape index (κ1) is 11.3. The fourth-order valence-corrected chi connectivity index (χ4v) is 0.777. The van der Waals surface area contributed by atoms with Crippen LogP contribution in [0.1, 0.15) is 19.8 Å². The fourth-order valence-electron chi connectivity index (χ4n) is 0.777. The van der Waals surface area contributed by atoms with E-state index in [0.29, 0.717) is 6.42 Å². The highest BCUT2D eigenvalue weighted by Crippen LogP contribution is 2.10. The lowest BCUT2D eigenvalue weighted by Crippen LogP contribution is -2.15. The van der Waals surface area contributed by atoms with Crippen molar-refractivity contribution in [3.63, 3.8) is 0 Å². The van der Waals surface area contributed by atoms with Crippen LogP contribution in [0.2, 0.25) is 0 Å². The molecule has 0 radical (unpaired) electrons. The maximum atomic E-state index is 11.5. The number of carbonyl (C=O) groups is 1. The molecule has 0 aromatic heterocycles. The van der Waals surface area contributed by atoms with E-state index in [1.807, 2.05) is 0 Å². The molecule has 0 spiro atoms. The van der Waals surface area contributed by atoms with Gasteiger partial charge in [-0.25, -0.2) is 0 Å². The Kier molecular flexibility index (Phi) is 5.53. The maximum absolute atomic E-state index is 11.5. The van der Waals surface area contributed by atoms with Crippen molar-refractivity contribution in [3.8, 4) is 0 Å². The molecule has 1 unspecified atom stereocenters. The molecule has 0 saturated carbocycles. The first-order valence-corrected chi connectivity index (χ1v) is 3.67. The zero-order valence-corrected chi connectivity index (χ0v) is 6.80. The van der Waals surface area contributed by atoms with Crippen molar-refractivity contribution in [3.05, 3.63) is 0 Å². The molecule has 0 aliphatic carbocycles. The average molecular weight is 182 g/mol. The largest absolute Gasteiger partial charge is 0.481 e. The van der Waals surface area contributed by atoms with Crippen molar-refractivity contribution in [1.29, 1.82) is 0 Å². The van der Waals surface area contributed by atoms with Gasteiger partial charge >= 0.3 is 12.6 Å². The van der Waals surface area contributed by atoms with E-state index in [1.54, 1.807) is 6.92 Å². The lowest BCUT2D eigenvalue weighted by Gasteiger charge is -2.11. The molecule has 72 valence electrons. The molecule has 0 bridgehead atoms. The van der Waals surface area contributed by atoms with Crippen molar-refractivity contribution in [1.82, 2.24) is 0 Å². The summed E-state index contributed by atoms with van der Waals surface area (Å²) in [6, 6.07) is 0. The van der Waals surface area contributed by atoms with Gasteiger partial charge in [0.15, 0.2) is 0 Å². The van der Waals surface area contributed by atoms with Gasteiger partial charge in [-0.15, -0.1) is 0 Å². The third kappa shape index (κ3) is 6.03. The zero-order valence-electron chi connectivity index (χ0n) is 6.80. The van der Waals surface area contributed by atoms with E-state index in [1.165, 1.54) is 0 Å². The van der Waals surface area contributed by atoms with Gasteiger partial charge in [0.1, 0.15) is 0 Å². The number of alkyl halides is 2. The fraction of sp³-hybridized carbons (Fsp3) is 0.857. The van der Waals surface area contributed by atoms with Crippen LogP contribution in [-0.2, 0) is 9.53 Å². The molecule has 0 aliphatic heterocycles. The molecule has 1 N–H and O–H groups in total. The zero-order chi connectivity index (χ0) is 9.56. The number of carboxylic acid groups (broad SMARTS) is 1. The van der Waals surface area contributed by atoms with Crippen molar-refractivity contribution in [2.75, 3.05) is 6.61 Å². The topological polar surface area (TPSA) is 46.5 Å². The van der Waals surface area contributed by atoms with Gasteiger partial charge in [-0.1, -0.05) is 13.3 Å². The van der Waals surface area contributed by atoms with Crippen molar-refractivity contribution in [2.24, 2.45) is 5.92 Å². The summed E-state index contributed by atoms with van der Waals surface area (Å²) < 4.78 is 27.0. The summed E-state index contributed by atoms with van der Waals surface area (Å²) in [7, 11) is 0. The molecule has 0 aromatic rings. The molecule has 0 fully saturated rings. The van der Waals surface area contributed by atoms with Gasteiger partial charge < -0.3 is 9.84 Å². The Hall–Kier alpha value is -0.710. The molecular weight excluding hydrogens is 170 g/mol. The van der Waals surface area contributed by atoms with E-state index in [4.69, 9.17) is 5.11 Å². The minimum atomic E-state index is -2.81. The smallest absolute Gasteiger partial charge is 0.345 e. The number of aliphatic carboxylic acids is 1. The molecule has 1 atom stereocenters. The molecule has 0 aromatic carbocycles. The van der Waals surface area contributed by atoms with Crippen LogP contribution < -0.4 is 0 Å². The second kappa shape index (κ2) is 5.88. The highest BCUT2D eigenvalue weighted by molar-refractivity contribution is 5.66. The van der Waals surface area contributed by atoms with Gasteiger partial charge in [0.2, 0.25) is 0 Å². The lowest BCUT2D eigenvalue weighted by atomic mass is 10.0. The van der Waals surface area contributed by atoms with E-state index in [9.17, 15) is 13.6 Å². The van der Waals surface area contributed by atoms with Crippen LogP contribution >= 0.6 is 0 Å². The van der Waals surface area contributed by atoms with E-state index in [0.717, 1.165) is 0 Å². The van der Waals surface area contributed by atoms with Crippen LogP contribution in [-0.4, -0.2) is 24.3 Å². The van der Waals surface area contributed by atoms with Crippen LogP contribution in [0, 0.1) is 5.92 Å². The van der Waals surface area contributed by atoms with Gasteiger partial charge in [-0.2, -0.15) is 8.78 Å². The highest BCUT2D eigenvalue weighted by atomic mass is 19.3. The summed E-state index contributed by atoms with van der Waals surface area (Å²) in [5.41, 5.74) is 0. The molecule has 0 amide bonds. The van der Waals surface area contributed by atoms with Gasteiger partial charge in [-0.05, 0) is 5.92 Å². The second-order valence-corrected chi connectivity index (χ2v) is 2.47. The Morgan fingerprint density at radius 2 is 2.17 bits per heavy atom. The first-order chi connectivity index (χ1) is 5.56. The molecule has 5 heteroatoms. The average Bonchev–Trinajstić information content (AvgIpc) is 1.97. The Labute approximate surface area is 69.3 Å². The van der Waals surface area contributed by atoms with E-state index in [2.05, 4.69) is 4.74 Å². The van der Waals surface area contributed by atoms with E-state index < -0.39 is 12.6 Å². The van der Waals surface area contributed by atoms with Gasteiger partial charge in [0.25, 0.3) is 0 Å². The van der Waals surface area contributed by atoms with Crippen LogP contribution in [0.25, 0.3) is 0 Å². The number of carboxylic acids is 1. The van der Waals surface area contributed by atoms with Crippen LogP contribution in [0.5, 0.6) is 0 Å².